The smallest absolute Gasteiger partial charge is 0.353 e. The van der Waals surface area contributed by atoms with Gasteiger partial charge in [0.25, 0.3) is 0 Å². The Bertz CT molecular complexity index is 1080. The van der Waals surface area contributed by atoms with E-state index in [1.165, 1.54) is 39.7 Å². The molecule has 0 spiro atoms. The number of thioether (sulfide) groups is 2. The lowest BCUT2D eigenvalue weighted by Crippen LogP contribution is -2.61. The highest BCUT2D eigenvalue weighted by Crippen LogP contribution is 2.48. The zero-order valence-electron chi connectivity index (χ0n) is 21.0. The van der Waals surface area contributed by atoms with E-state index < -0.39 is 36.0 Å². The van der Waals surface area contributed by atoms with Crippen LogP contribution in [-0.2, 0) is 19.2 Å². The number of carboxylic acid groups (broad SMARTS) is 2. The second-order valence-corrected chi connectivity index (χ2v) is 11.6. The third-order valence-corrected chi connectivity index (χ3v) is 9.02. The summed E-state index contributed by atoms with van der Waals surface area (Å²) in [5.41, 5.74) is 10.7. The maximum Gasteiger partial charge on any atom is 0.353 e. The Hall–Kier alpha value is -2.59. The molecule has 38 heavy (non-hydrogen) atoms. The van der Waals surface area contributed by atoms with Crippen LogP contribution in [0.5, 0.6) is 0 Å². The van der Waals surface area contributed by atoms with Crippen LogP contribution in [0.4, 0.5) is 0 Å². The number of aliphatic hydroxyl groups excluding tert-OH is 2. The highest BCUT2D eigenvalue weighted by molar-refractivity contribution is 8.03. The van der Waals surface area contributed by atoms with Crippen molar-refractivity contribution < 1.29 is 39.6 Å². The van der Waals surface area contributed by atoms with Crippen LogP contribution in [0.2, 0.25) is 0 Å². The topological polar surface area (TPSA) is 220 Å². The Kier molecular flexibility index (Phi) is 9.86. The van der Waals surface area contributed by atoms with Gasteiger partial charge in [-0.25, -0.2) is 9.59 Å². The Morgan fingerprint density at radius 3 is 1.71 bits per heavy atom. The van der Waals surface area contributed by atoms with E-state index >= 15 is 0 Å². The molecule has 4 aliphatic rings. The van der Waals surface area contributed by atoms with Crippen molar-refractivity contribution >= 4 is 53.6 Å². The van der Waals surface area contributed by atoms with Crippen molar-refractivity contribution in [2.24, 2.45) is 28.3 Å². The second kappa shape index (κ2) is 12.5. The first-order chi connectivity index (χ1) is 18.0. The average molecular weight is 572 g/mol. The molecule has 0 aromatic heterocycles. The minimum atomic E-state index is -1.10. The molecule has 2 saturated heterocycles. The Morgan fingerprint density at radius 2 is 1.37 bits per heavy atom. The number of fused-ring (bicyclic) bond motifs is 2. The summed E-state index contributed by atoms with van der Waals surface area (Å²) in [6.45, 7) is 4.07. The normalized spacial score (nSPS) is 27.5. The molecular weight excluding hydrogens is 538 g/mol. The lowest BCUT2D eigenvalue weighted by atomic mass is 9.83. The van der Waals surface area contributed by atoms with Crippen LogP contribution < -0.4 is 11.5 Å². The Morgan fingerprint density at radius 1 is 0.947 bits per heavy atom. The highest BCUT2D eigenvalue weighted by atomic mass is 32.2. The molecule has 4 unspecified atom stereocenters. The number of nitrogens with two attached hydrogens (primary N) is 2. The van der Waals surface area contributed by atoms with Gasteiger partial charge in [-0.05, 0) is 13.8 Å². The second-order valence-electron chi connectivity index (χ2n) is 9.19. The lowest BCUT2D eigenvalue weighted by molar-refractivity contribution is -0.161. The summed E-state index contributed by atoms with van der Waals surface area (Å²) in [5, 5.41) is 37.6. The number of carbonyl (C=O) groups excluding carboxylic acids is 2. The van der Waals surface area contributed by atoms with Crippen molar-refractivity contribution in [1.29, 1.82) is 0 Å². The molecule has 0 radical (unpaired) electrons. The molecule has 8 N–H and O–H groups in total. The van der Waals surface area contributed by atoms with E-state index in [-0.39, 0.29) is 35.3 Å². The van der Waals surface area contributed by atoms with E-state index in [2.05, 4.69) is 4.99 Å². The molecule has 0 saturated carbocycles. The number of aliphatic hydroxyl groups is 2. The Labute approximate surface area is 228 Å². The number of carboxylic acids is 2. The Balaban J connectivity index is 0.000000212. The molecule has 6 atom stereocenters. The van der Waals surface area contributed by atoms with Crippen LogP contribution in [-0.4, -0.2) is 109 Å². The molecule has 4 aliphatic heterocycles. The van der Waals surface area contributed by atoms with Crippen molar-refractivity contribution in [3.05, 3.63) is 21.2 Å². The van der Waals surface area contributed by atoms with E-state index in [0.29, 0.717) is 47.2 Å². The van der Waals surface area contributed by atoms with Crippen LogP contribution in [0.3, 0.4) is 0 Å². The van der Waals surface area contributed by atoms with Crippen molar-refractivity contribution in [2.45, 2.75) is 51.0 Å². The lowest BCUT2D eigenvalue weighted by Gasteiger charge is -2.44. The number of nitrogens with zero attached hydrogens (tertiary/aromatic N) is 3. The minimum Gasteiger partial charge on any atom is -0.477 e. The third kappa shape index (κ3) is 5.57. The van der Waals surface area contributed by atoms with Gasteiger partial charge in [0.05, 0.1) is 49.0 Å². The van der Waals surface area contributed by atoms with Crippen molar-refractivity contribution in [1.82, 2.24) is 9.80 Å². The van der Waals surface area contributed by atoms with E-state index in [0.717, 1.165) is 0 Å². The fourth-order valence-corrected chi connectivity index (χ4v) is 7.23. The van der Waals surface area contributed by atoms with Crippen molar-refractivity contribution in [3.8, 4) is 0 Å². The van der Waals surface area contributed by atoms with Gasteiger partial charge in [0.15, 0.2) is 0 Å². The number of carbonyl (C=O) groups is 4. The summed E-state index contributed by atoms with van der Waals surface area (Å²) in [6, 6.07) is -0.432. The van der Waals surface area contributed by atoms with E-state index in [4.69, 9.17) is 11.5 Å². The molecule has 210 valence electrons. The van der Waals surface area contributed by atoms with Crippen LogP contribution in [0.15, 0.2) is 26.2 Å². The maximum atomic E-state index is 11.9. The summed E-state index contributed by atoms with van der Waals surface area (Å²) in [4.78, 5) is 54.2. The van der Waals surface area contributed by atoms with Crippen molar-refractivity contribution in [2.75, 3.05) is 24.6 Å². The molecule has 4 heterocycles. The van der Waals surface area contributed by atoms with Gasteiger partial charge in [-0.2, -0.15) is 0 Å². The van der Waals surface area contributed by atoms with Gasteiger partial charge in [0.2, 0.25) is 11.8 Å². The quantitative estimate of drug-likeness (QED) is 0.0777. The first kappa shape index (κ1) is 30.0. The zero-order valence-corrected chi connectivity index (χ0v) is 22.7. The van der Waals surface area contributed by atoms with Crippen LogP contribution in [0, 0.1) is 11.8 Å². The number of aliphatic imine (C=N–C) groups is 1. The van der Waals surface area contributed by atoms with Crippen LogP contribution >= 0.6 is 23.5 Å². The van der Waals surface area contributed by atoms with E-state index in [1.54, 1.807) is 13.8 Å². The maximum absolute atomic E-state index is 11.9. The first-order valence-corrected chi connectivity index (χ1v) is 14.1. The number of rotatable bonds is 11. The third-order valence-electron chi connectivity index (χ3n) is 6.78. The molecule has 0 aliphatic carbocycles. The molecular formula is C23H33N5O8S2. The van der Waals surface area contributed by atoms with Gasteiger partial charge in [-0.3, -0.25) is 14.6 Å². The standard InChI is InChI=1S/C12H17N3O4S.C11H16N2O4S/c1-6(16)9-7-4-8(20-3-2-14-5-13)10(12(18)19)15(7)11(9)17;1-5(14)8-6-4-7(18-3-2-12)9(11(16)17)13(6)10(8)15/h5-7,9,16H,2-4H2,1H3,(H2,13,14)(H,18,19);5-6,8,14H,2-4,12H2,1H3,(H,16,17)/t6?,7?,9-;5?,6?,8-/m11/s1. The van der Waals surface area contributed by atoms with Crippen LogP contribution in [0.1, 0.15) is 26.7 Å². The fraction of sp³-hybridized carbons (Fsp3) is 0.609. The van der Waals surface area contributed by atoms with E-state index in [1.807, 2.05) is 0 Å². The van der Waals surface area contributed by atoms with Crippen LogP contribution in [0.25, 0.3) is 0 Å². The zero-order chi connectivity index (χ0) is 28.3. The molecule has 4 rings (SSSR count). The molecule has 2 fully saturated rings. The predicted octanol–water partition coefficient (Wildman–Crippen LogP) is -0.800. The van der Waals surface area contributed by atoms with Gasteiger partial charge < -0.3 is 41.7 Å². The summed E-state index contributed by atoms with van der Waals surface area (Å²) in [5.74, 6) is -2.54. The molecule has 0 aromatic carbocycles. The number of hydrogen-bond acceptors (Lipinski definition) is 10. The molecule has 0 aromatic rings. The summed E-state index contributed by atoms with van der Waals surface area (Å²) >= 11 is 2.76. The fourth-order valence-electron chi connectivity index (χ4n) is 5.20. The van der Waals surface area contributed by atoms with Gasteiger partial charge in [0.1, 0.15) is 11.4 Å². The predicted molar refractivity (Wildman–Crippen MR) is 142 cm³/mol. The number of hydrogen-bond donors (Lipinski definition) is 6. The van der Waals surface area contributed by atoms with E-state index in [9.17, 15) is 39.6 Å². The number of β-lactam (4-membered cyclic amide) rings is 2. The molecule has 13 nitrogen and oxygen atoms in total. The SMILES string of the molecule is CC(O)[C@H]1C(=O)N2C(C(=O)O)=C(SCCN)CC12.CC(O)[C@H]1C(=O)N2C(C(=O)O)=C(SCCN=CN)CC12. The summed E-state index contributed by atoms with van der Waals surface area (Å²) < 4.78 is 0. The number of aliphatic carboxylic acids is 2. The number of amides is 2. The minimum absolute atomic E-state index is 0.0543. The molecule has 2 amide bonds. The summed E-state index contributed by atoms with van der Waals surface area (Å²) in [7, 11) is 0. The van der Waals surface area contributed by atoms with Gasteiger partial charge in [-0.15, -0.1) is 23.5 Å². The monoisotopic (exact) mass is 571 g/mol. The van der Waals surface area contributed by atoms with Crippen molar-refractivity contribution in [3.63, 3.8) is 0 Å². The average Bonchev–Trinajstić information content (AvgIpc) is 3.33. The van der Waals surface area contributed by atoms with Gasteiger partial charge in [0, 0.05) is 40.7 Å². The first-order valence-electron chi connectivity index (χ1n) is 12.1. The molecule has 0 bridgehead atoms. The van der Waals surface area contributed by atoms with Gasteiger partial charge >= 0.3 is 11.9 Å². The molecule has 15 heteroatoms. The summed E-state index contributed by atoms with van der Waals surface area (Å²) in [6.07, 6.45) is 0.702. The largest absolute Gasteiger partial charge is 0.477 e. The highest BCUT2D eigenvalue weighted by Gasteiger charge is 2.57. The van der Waals surface area contributed by atoms with Gasteiger partial charge in [-0.1, -0.05) is 0 Å².